The van der Waals surface area contributed by atoms with Crippen molar-refractivity contribution in [3.05, 3.63) is 57.9 Å². The van der Waals surface area contributed by atoms with Gasteiger partial charge in [0, 0.05) is 24.4 Å². The summed E-state index contributed by atoms with van der Waals surface area (Å²) in [6.07, 6.45) is 1.57. The number of rotatable bonds is 5. The molecule has 1 aromatic heterocycles. The summed E-state index contributed by atoms with van der Waals surface area (Å²) in [7, 11) is -2.87. The molecular formula is C21H22N4O3. The first-order valence-electron chi connectivity index (χ1n) is 10.6. The smallest absolute Gasteiger partial charge is 0.247 e. The van der Waals surface area contributed by atoms with Crippen molar-refractivity contribution >= 4 is 11.6 Å². The third-order valence-corrected chi connectivity index (χ3v) is 4.44. The first-order valence-corrected chi connectivity index (χ1v) is 8.58. The largest absolute Gasteiger partial charge is 0.496 e. The fraction of sp³-hybridized carbons (Fsp3) is 0.286. The molecule has 3 rings (SSSR count). The van der Waals surface area contributed by atoms with Gasteiger partial charge in [-0.25, -0.2) is 4.98 Å². The van der Waals surface area contributed by atoms with E-state index in [2.05, 4.69) is 10.3 Å². The SMILES string of the molecule is [2H]C([2H])([2H])Oc1cc(C#N)ccc1[C@]1([2H])C(C(N)=O)=C(C)Nc2c(C)cnc(OCC)c21. The van der Waals surface area contributed by atoms with E-state index in [9.17, 15) is 11.4 Å². The Morgan fingerprint density at radius 1 is 1.50 bits per heavy atom. The zero-order chi connectivity index (χ0) is 23.8. The van der Waals surface area contributed by atoms with Crippen LogP contribution in [0.15, 0.2) is 35.7 Å². The second-order valence-corrected chi connectivity index (χ2v) is 6.22. The molecule has 1 amide bonds. The van der Waals surface area contributed by atoms with Gasteiger partial charge in [-0.2, -0.15) is 5.26 Å². The normalized spacial score (nSPS) is 20.5. The topological polar surface area (TPSA) is 110 Å². The van der Waals surface area contributed by atoms with Crippen LogP contribution in [0.5, 0.6) is 11.6 Å². The van der Waals surface area contributed by atoms with E-state index in [-0.39, 0.29) is 40.5 Å². The van der Waals surface area contributed by atoms with Crippen LogP contribution in [0, 0.1) is 18.3 Å². The number of pyridine rings is 1. The van der Waals surface area contributed by atoms with Gasteiger partial charge in [0.05, 0.1) is 46.5 Å². The van der Waals surface area contributed by atoms with Gasteiger partial charge in [0.1, 0.15) is 5.75 Å². The number of carbonyl (C=O) groups excluding carboxylic acids is 1. The molecule has 1 aromatic carbocycles. The molecular weight excluding hydrogens is 356 g/mol. The van der Waals surface area contributed by atoms with Crippen molar-refractivity contribution in [3.63, 3.8) is 0 Å². The monoisotopic (exact) mass is 382 g/mol. The lowest BCUT2D eigenvalue weighted by atomic mass is 9.79. The second kappa shape index (κ2) is 7.61. The van der Waals surface area contributed by atoms with Crippen LogP contribution in [-0.2, 0) is 4.79 Å². The number of nitrogens with zero attached hydrogens (tertiary/aromatic N) is 2. The van der Waals surface area contributed by atoms with Crippen molar-refractivity contribution in [1.29, 1.82) is 5.26 Å². The van der Waals surface area contributed by atoms with Crippen LogP contribution in [-0.4, -0.2) is 24.5 Å². The third-order valence-electron chi connectivity index (χ3n) is 4.44. The summed E-state index contributed by atoms with van der Waals surface area (Å²) in [5.41, 5.74) is 7.39. The fourth-order valence-electron chi connectivity index (χ4n) is 3.25. The number of nitrogens with one attached hydrogen (secondary N) is 1. The molecule has 7 heteroatoms. The summed E-state index contributed by atoms with van der Waals surface area (Å²) in [6, 6.07) is 5.94. The fourth-order valence-corrected chi connectivity index (χ4v) is 3.25. The van der Waals surface area contributed by atoms with E-state index in [0.29, 0.717) is 16.9 Å². The van der Waals surface area contributed by atoms with E-state index in [0.717, 1.165) is 0 Å². The van der Waals surface area contributed by atoms with Gasteiger partial charge >= 0.3 is 0 Å². The van der Waals surface area contributed by atoms with Crippen LogP contribution in [0.3, 0.4) is 0 Å². The van der Waals surface area contributed by atoms with E-state index in [4.69, 9.17) is 19.3 Å². The molecule has 144 valence electrons. The van der Waals surface area contributed by atoms with Gasteiger partial charge in [0.25, 0.3) is 0 Å². The first-order chi connectivity index (χ1) is 14.9. The summed E-state index contributed by atoms with van der Waals surface area (Å²) in [6.45, 7) is 5.35. The summed E-state index contributed by atoms with van der Waals surface area (Å²) in [5, 5.41) is 12.4. The standard InChI is InChI=1S/C21H22N4O3/c1-5-28-21-18-17(14-7-6-13(9-22)8-15(14)27-4)16(20(23)26)12(3)25-19(18)11(2)10-24-21/h6-8,10,17,25H,5H2,1-4H3,(H2,23,26)/t17-/m1/s1/i4D3,17D. The molecule has 28 heavy (non-hydrogen) atoms. The number of carbonyl (C=O) groups is 1. The summed E-state index contributed by atoms with van der Waals surface area (Å²) < 4.78 is 43.1. The first kappa shape index (κ1) is 14.5. The number of hydrogen-bond donors (Lipinski definition) is 2. The molecule has 2 heterocycles. The van der Waals surface area contributed by atoms with Crippen LogP contribution in [0.25, 0.3) is 0 Å². The average molecular weight is 382 g/mol. The molecule has 1 aliphatic heterocycles. The Labute approximate surface area is 169 Å². The van der Waals surface area contributed by atoms with Crippen LogP contribution < -0.4 is 20.5 Å². The van der Waals surface area contributed by atoms with Crippen molar-refractivity contribution in [2.24, 2.45) is 5.73 Å². The minimum atomic E-state index is -2.87. The second-order valence-electron chi connectivity index (χ2n) is 6.22. The lowest BCUT2D eigenvalue weighted by Gasteiger charge is -2.32. The van der Waals surface area contributed by atoms with Gasteiger partial charge in [0.15, 0.2) is 0 Å². The Balaban J connectivity index is 2.47. The van der Waals surface area contributed by atoms with Gasteiger partial charge in [-0.3, -0.25) is 4.79 Å². The predicted octanol–water partition coefficient (Wildman–Crippen LogP) is 2.99. The highest BCUT2D eigenvalue weighted by molar-refractivity contribution is 5.98. The number of allylic oxidation sites excluding steroid dienone is 1. The van der Waals surface area contributed by atoms with Crippen molar-refractivity contribution in [3.8, 4) is 17.7 Å². The average Bonchev–Trinajstić information content (AvgIpc) is 2.68. The summed E-state index contributed by atoms with van der Waals surface area (Å²) >= 11 is 0. The number of nitriles is 1. The molecule has 0 spiro atoms. The van der Waals surface area contributed by atoms with E-state index in [1.165, 1.54) is 18.2 Å². The Bertz CT molecular complexity index is 1170. The van der Waals surface area contributed by atoms with Crippen molar-refractivity contribution < 1.29 is 19.8 Å². The van der Waals surface area contributed by atoms with Crippen LogP contribution in [0.4, 0.5) is 5.69 Å². The van der Waals surface area contributed by atoms with Crippen LogP contribution >= 0.6 is 0 Å². The zero-order valence-electron chi connectivity index (χ0n) is 19.7. The van der Waals surface area contributed by atoms with E-state index in [1.54, 1.807) is 27.0 Å². The Morgan fingerprint density at radius 2 is 2.29 bits per heavy atom. The zero-order valence-corrected chi connectivity index (χ0v) is 15.7. The molecule has 0 radical (unpaired) electrons. The Morgan fingerprint density at radius 3 is 2.93 bits per heavy atom. The summed E-state index contributed by atoms with van der Waals surface area (Å²) in [4.78, 5) is 16.9. The quantitative estimate of drug-likeness (QED) is 0.822. The van der Waals surface area contributed by atoms with Gasteiger partial charge in [-0.05, 0) is 38.5 Å². The molecule has 0 saturated heterocycles. The van der Waals surface area contributed by atoms with Gasteiger partial charge in [-0.15, -0.1) is 0 Å². The molecule has 1 aliphatic rings. The van der Waals surface area contributed by atoms with Crippen LogP contribution in [0.2, 0.25) is 0 Å². The van der Waals surface area contributed by atoms with Crippen molar-refractivity contribution in [1.82, 2.24) is 4.98 Å². The number of amides is 1. The van der Waals surface area contributed by atoms with Crippen molar-refractivity contribution in [2.75, 3.05) is 19.0 Å². The molecule has 3 N–H and O–H groups in total. The molecule has 0 fully saturated rings. The lowest BCUT2D eigenvalue weighted by molar-refractivity contribution is -0.114. The third kappa shape index (κ3) is 3.14. The minimum Gasteiger partial charge on any atom is -0.496 e. The predicted molar refractivity (Wildman–Crippen MR) is 105 cm³/mol. The number of aromatic nitrogens is 1. The molecule has 0 unspecified atom stereocenters. The maximum Gasteiger partial charge on any atom is 0.247 e. The number of benzene rings is 1. The molecule has 7 nitrogen and oxygen atoms in total. The summed E-state index contributed by atoms with van der Waals surface area (Å²) in [5.74, 6) is -3.08. The van der Waals surface area contributed by atoms with Gasteiger partial charge in [-0.1, -0.05) is 6.07 Å². The number of ether oxygens (including phenoxy) is 2. The highest BCUT2D eigenvalue weighted by atomic mass is 16.5. The van der Waals surface area contributed by atoms with E-state index >= 15 is 0 Å². The molecule has 2 aromatic rings. The van der Waals surface area contributed by atoms with E-state index in [1.807, 2.05) is 6.07 Å². The number of primary amides is 1. The number of methoxy groups -OCH3 is 1. The maximum absolute atomic E-state index is 12.6. The Hall–Kier alpha value is -3.53. The highest BCUT2D eigenvalue weighted by Gasteiger charge is 2.36. The number of anilines is 1. The number of aryl methyl sites for hydroxylation is 1. The maximum atomic E-state index is 12.6. The molecule has 0 aliphatic carbocycles. The number of nitrogens with two attached hydrogens (primary N) is 1. The minimum absolute atomic E-state index is 0.0110. The molecule has 0 saturated carbocycles. The lowest BCUT2D eigenvalue weighted by Crippen LogP contribution is -2.28. The highest BCUT2D eigenvalue weighted by Crippen LogP contribution is 2.48. The number of fused-ring (bicyclic) bond motifs is 1. The van der Waals surface area contributed by atoms with Gasteiger partial charge in [0.2, 0.25) is 11.8 Å². The Kier molecular flexibility index (Phi) is 3.94. The number of hydrogen-bond acceptors (Lipinski definition) is 6. The molecule has 0 bridgehead atoms. The molecule has 1 atom stereocenters. The van der Waals surface area contributed by atoms with Crippen molar-refractivity contribution in [2.45, 2.75) is 26.7 Å². The van der Waals surface area contributed by atoms with Gasteiger partial charge < -0.3 is 20.5 Å². The van der Waals surface area contributed by atoms with Crippen LogP contribution in [0.1, 0.15) is 47.5 Å². The van der Waals surface area contributed by atoms with E-state index < -0.39 is 18.8 Å².